The van der Waals surface area contributed by atoms with Crippen molar-refractivity contribution in [1.29, 1.82) is 0 Å². The fourth-order valence-electron chi connectivity index (χ4n) is 2.03. The number of rotatable bonds is 8. The molecule has 0 fully saturated rings. The van der Waals surface area contributed by atoms with Crippen LogP contribution in [0.4, 0.5) is 0 Å². The van der Waals surface area contributed by atoms with Crippen LogP contribution in [0.25, 0.3) is 0 Å². The predicted octanol–water partition coefficient (Wildman–Crippen LogP) is 1.72. The first-order valence-electron chi connectivity index (χ1n) is 7.77. The van der Waals surface area contributed by atoms with Gasteiger partial charge in [-0.1, -0.05) is 39.0 Å². The number of carbonyl (C=O) groups excluding carboxylic acids is 2. The molecule has 2 unspecified atom stereocenters. The molecular weight excluding hydrogens is 280 g/mol. The summed E-state index contributed by atoms with van der Waals surface area (Å²) >= 11 is 0. The number of benzene rings is 1. The summed E-state index contributed by atoms with van der Waals surface area (Å²) in [5.74, 6) is -0.505. The predicted molar refractivity (Wildman–Crippen MR) is 86.5 cm³/mol. The second-order valence-corrected chi connectivity index (χ2v) is 5.70. The highest BCUT2D eigenvalue weighted by molar-refractivity contribution is 5.97. The van der Waals surface area contributed by atoms with Gasteiger partial charge in [0.25, 0.3) is 5.91 Å². The number of hydrogen-bond acceptors (Lipinski definition) is 3. The molecule has 0 spiro atoms. The molecular formula is C17H26N2O3. The average Bonchev–Trinajstić information content (AvgIpc) is 2.52. The van der Waals surface area contributed by atoms with Crippen LogP contribution in [0.5, 0.6) is 0 Å². The molecule has 0 heterocycles. The Morgan fingerprint density at radius 1 is 1.18 bits per heavy atom. The van der Waals surface area contributed by atoms with E-state index < -0.39 is 12.1 Å². The largest absolute Gasteiger partial charge is 0.393 e. The third kappa shape index (κ3) is 5.85. The maximum absolute atomic E-state index is 12.2. The highest BCUT2D eigenvalue weighted by Crippen LogP contribution is 2.05. The van der Waals surface area contributed by atoms with Crippen molar-refractivity contribution in [2.75, 3.05) is 6.54 Å². The van der Waals surface area contributed by atoms with Crippen LogP contribution in [0.3, 0.4) is 0 Å². The zero-order valence-corrected chi connectivity index (χ0v) is 13.5. The Morgan fingerprint density at radius 3 is 2.36 bits per heavy atom. The van der Waals surface area contributed by atoms with Crippen LogP contribution in [0, 0.1) is 5.92 Å². The van der Waals surface area contributed by atoms with Crippen LogP contribution in [0.15, 0.2) is 30.3 Å². The summed E-state index contributed by atoms with van der Waals surface area (Å²) in [6.45, 7) is 6.06. The van der Waals surface area contributed by atoms with Crippen LogP contribution < -0.4 is 10.6 Å². The van der Waals surface area contributed by atoms with Gasteiger partial charge in [-0.3, -0.25) is 9.59 Å². The lowest BCUT2D eigenvalue weighted by Gasteiger charge is -2.22. The lowest BCUT2D eigenvalue weighted by atomic mass is 10.0. The number of aliphatic hydroxyl groups excluding tert-OH is 1. The van der Waals surface area contributed by atoms with Gasteiger partial charge in [-0.25, -0.2) is 0 Å². The topological polar surface area (TPSA) is 78.4 Å². The molecule has 3 N–H and O–H groups in total. The molecule has 1 rings (SSSR count). The smallest absolute Gasteiger partial charge is 0.251 e. The fourth-order valence-corrected chi connectivity index (χ4v) is 2.03. The zero-order chi connectivity index (χ0) is 16.5. The van der Waals surface area contributed by atoms with Gasteiger partial charge in [0.1, 0.15) is 6.04 Å². The van der Waals surface area contributed by atoms with Gasteiger partial charge >= 0.3 is 0 Å². The van der Waals surface area contributed by atoms with Crippen molar-refractivity contribution in [1.82, 2.24) is 10.6 Å². The molecule has 2 atom stereocenters. The fraction of sp³-hybridized carbons (Fsp3) is 0.529. The van der Waals surface area contributed by atoms with E-state index >= 15 is 0 Å². The van der Waals surface area contributed by atoms with E-state index in [1.807, 2.05) is 26.8 Å². The van der Waals surface area contributed by atoms with Crippen molar-refractivity contribution < 1.29 is 14.7 Å². The molecule has 0 saturated heterocycles. The molecule has 0 aliphatic rings. The van der Waals surface area contributed by atoms with Gasteiger partial charge in [-0.15, -0.1) is 0 Å². The van der Waals surface area contributed by atoms with Crippen LogP contribution in [-0.2, 0) is 4.79 Å². The van der Waals surface area contributed by atoms with Gasteiger partial charge in [0.2, 0.25) is 5.91 Å². The minimum atomic E-state index is -0.591. The Hall–Kier alpha value is -1.88. The molecule has 1 aromatic rings. The summed E-state index contributed by atoms with van der Waals surface area (Å²) < 4.78 is 0. The monoisotopic (exact) mass is 306 g/mol. The SMILES string of the molecule is CCC(O)CCNC(=O)C(NC(=O)c1ccccc1)C(C)C. The Labute approximate surface area is 132 Å². The summed E-state index contributed by atoms with van der Waals surface area (Å²) in [6, 6.07) is 8.23. The van der Waals surface area contributed by atoms with Crippen molar-refractivity contribution in [3.8, 4) is 0 Å². The standard InChI is InChI=1S/C17H26N2O3/c1-4-14(20)10-11-18-17(22)15(12(2)3)19-16(21)13-8-6-5-7-9-13/h5-9,12,14-15,20H,4,10-11H2,1-3H3,(H,18,22)(H,19,21). The molecule has 22 heavy (non-hydrogen) atoms. The zero-order valence-electron chi connectivity index (χ0n) is 13.5. The first-order chi connectivity index (χ1) is 10.5. The number of hydrogen-bond donors (Lipinski definition) is 3. The van der Waals surface area contributed by atoms with Gasteiger partial charge in [-0.2, -0.15) is 0 Å². The summed E-state index contributed by atoms with van der Waals surface area (Å²) in [6.07, 6.45) is 0.769. The van der Waals surface area contributed by atoms with E-state index in [-0.39, 0.29) is 17.7 Å². The van der Waals surface area contributed by atoms with Crippen LogP contribution >= 0.6 is 0 Å². The molecule has 0 aliphatic carbocycles. The van der Waals surface area contributed by atoms with Crippen molar-refractivity contribution in [3.63, 3.8) is 0 Å². The number of amides is 2. The van der Waals surface area contributed by atoms with Crippen LogP contribution in [0.2, 0.25) is 0 Å². The lowest BCUT2D eigenvalue weighted by molar-refractivity contribution is -0.124. The van der Waals surface area contributed by atoms with Crippen molar-refractivity contribution in [3.05, 3.63) is 35.9 Å². The summed E-state index contributed by atoms with van der Waals surface area (Å²) in [5.41, 5.74) is 0.530. The minimum absolute atomic E-state index is 0.0243. The quantitative estimate of drug-likeness (QED) is 0.684. The lowest BCUT2D eigenvalue weighted by Crippen LogP contribution is -2.50. The van der Waals surface area contributed by atoms with Crippen LogP contribution in [-0.4, -0.2) is 35.6 Å². The Bertz CT molecular complexity index is 474. The van der Waals surface area contributed by atoms with E-state index in [0.717, 1.165) is 0 Å². The molecule has 5 nitrogen and oxygen atoms in total. The molecule has 1 aromatic carbocycles. The van der Waals surface area contributed by atoms with E-state index in [4.69, 9.17) is 0 Å². The van der Waals surface area contributed by atoms with E-state index in [0.29, 0.717) is 24.9 Å². The van der Waals surface area contributed by atoms with E-state index in [2.05, 4.69) is 10.6 Å². The van der Waals surface area contributed by atoms with Crippen molar-refractivity contribution >= 4 is 11.8 Å². The average molecular weight is 306 g/mol. The minimum Gasteiger partial charge on any atom is -0.393 e. The second kappa shape index (κ2) is 9.20. The summed E-state index contributed by atoms with van der Waals surface area (Å²) in [4.78, 5) is 24.4. The molecule has 0 bridgehead atoms. The van der Waals surface area contributed by atoms with E-state index in [9.17, 15) is 14.7 Å². The van der Waals surface area contributed by atoms with E-state index in [1.165, 1.54) is 0 Å². The Kier molecular flexibility index (Phi) is 7.60. The Morgan fingerprint density at radius 2 is 1.82 bits per heavy atom. The summed E-state index contributed by atoms with van der Waals surface area (Å²) in [7, 11) is 0. The first-order valence-corrected chi connectivity index (χ1v) is 7.77. The molecule has 0 aromatic heterocycles. The van der Waals surface area contributed by atoms with Gasteiger partial charge in [0.15, 0.2) is 0 Å². The Balaban J connectivity index is 2.58. The number of aliphatic hydroxyl groups is 1. The van der Waals surface area contributed by atoms with Gasteiger partial charge < -0.3 is 15.7 Å². The van der Waals surface area contributed by atoms with Gasteiger partial charge in [0.05, 0.1) is 6.10 Å². The number of nitrogens with one attached hydrogen (secondary N) is 2. The normalized spacial score (nSPS) is 13.5. The van der Waals surface area contributed by atoms with Crippen molar-refractivity contribution in [2.45, 2.75) is 45.8 Å². The third-order valence-corrected chi connectivity index (χ3v) is 3.52. The molecule has 0 radical (unpaired) electrons. The summed E-state index contributed by atoms with van der Waals surface area (Å²) in [5, 5.41) is 15.0. The molecule has 0 saturated carbocycles. The number of carbonyl (C=O) groups is 2. The molecule has 5 heteroatoms. The van der Waals surface area contributed by atoms with Crippen LogP contribution in [0.1, 0.15) is 44.0 Å². The maximum Gasteiger partial charge on any atom is 0.251 e. The second-order valence-electron chi connectivity index (χ2n) is 5.70. The molecule has 2 amide bonds. The maximum atomic E-state index is 12.2. The van der Waals surface area contributed by atoms with Gasteiger partial charge in [-0.05, 0) is 30.9 Å². The van der Waals surface area contributed by atoms with Gasteiger partial charge in [0, 0.05) is 12.1 Å². The van der Waals surface area contributed by atoms with E-state index in [1.54, 1.807) is 24.3 Å². The van der Waals surface area contributed by atoms with Crippen molar-refractivity contribution in [2.24, 2.45) is 5.92 Å². The first kappa shape index (κ1) is 18.2. The highest BCUT2D eigenvalue weighted by atomic mass is 16.3. The highest BCUT2D eigenvalue weighted by Gasteiger charge is 2.24. The third-order valence-electron chi connectivity index (χ3n) is 3.52. The molecule has 122 valence electrons. The molecule has 0 aliphatic heterocycles.